The molecule has 0 aliphatic carbocycles. The lowest BCUT2D eigenvalue weighted by molar-refractivity contribution is 0.0731. The van der Waals surface area contributed by atoms with Crippen LogP contribution in [0.25, 0.3) is 0 Å². The molecule has 8 heteroatoms. The molecular weight excluding hydrogens is 347 g/mol. The second-order valence-electron chi connectivity index (χ2n) is 5.25. The van der Waals surface area contributed by atoms with Crippen molar-refractivity contribution in [2.75, 3.05) is 24.4 Å². The van der Waals surface area contributed by atoms with E-state index in [4.69, 9.17) is 5.11 Å². The third kappa shape index (κ3) is 4.77. The smallest absolute Gasteiger partial charge is 0.261 e. The molecule has 0 saturated heterocycles. The van der Waals surface area contributed by atoms with Crippen molar-refractivity contribution in [3.05, 3.63) is 59.9 Å². The molecule has 0 spiro atoms. The van der Waals surface area contributed by atoms with E-state index in [0.717, 1.165) is 12.1 Å². The summed E-state index contributed by atoms with van der Waals surface area (Å²) in [4.78, 5) is 13.7. The number of aliphatic hydroxyl groups is 1. The largest absolute Gasteiger partial charge is 0.395 e. The highest BCUT2D eigenvalue weighted by Crippen LogP contribution is 2.18. The maximum Gasteiger partial charge on any atom is 0.261 e. The van der Waals surface area contributed by atoms with Gasteiger partial charge in [0.2, 0.25) is 0 Å². The van der Waals surface area contributed by atoms with Crippen molar-refractivity contribution < 1.29 is 22.7 Å². The van der Waals surface area contributed by atoms with Crippen molar-refractivity contribution >= 4 is 21.6 Å². The highest BCUT2D eigenvalue weighted by Gasteiger charge is 2.19. The molecule has 2 rings (SSSR count). The number of benzene rings is 2. The second kappa shape index (κ2) is 8.09. The lowest BCUT2D eigenvalue weighted by Gasteiger charge is -2.20. The molecule has 0 heterocycles. The van der Waals surface area contributed by atoms with Crippen LogP contribution in [0.3, 0.4) is 0 Å². The molecule has 0 radical (unpaired) electrons. The molecule has 2 N–H and O–H groups in total. The first-order valence-electron chi connectivity index (χ1n) is 7.66. The zero-order valence-electron chi connectivity index (χ0n) is 13.6. The Kier molecular flexibility index (Phi) is 6.11. The van der Waals surface area contributed by atoms with E-state index < -0.39 is 15.8 Å². The van der Waals surface area contributed by atoms with Crippen LogP contribution in [0, 0.1) is 5.82 Å². The molecule has 0 aliphatic heterocycles. The maximum atomic E-state index is 12.9. The van der Waals surface area contributed by atoms with Crippen LogP contribution in [0.1, 0.15) is 17.3 Å². The molecule has 2 aromatic rings. The van der Waals surface area contributed by atoms with Gasteiger partial charge in [0, 0.05) is 24.3 Å². The van der Waals surface area contributed by atoms with E-state index in [-0.39, 0.29) is 35.2 Å². The summed E-state index contributed by atoms with van der Waals surface area (Å²) < 4.78 is 40.2. The van der Waals surface area contributed by atoms with Gasteiger partial charge in [-0.2, -0.15) is 0 Å². The molecule has 0 fully saturated rings. The minimum absolute atomic E-state index is 0.0808. The molecule has 134 valence electrons. The molecule has 0 unspecified atom stereocenters. The molecule has 2 aromatic carbocycles. The third-order valence-corrected chi connectivity index (χ3v) is 4.91. The minimum Gasteiger partial charge on any atom is -0.395 e. The molecule has 0 aliphatic rings. The Bertz CT molecular complexity index is 838. The number of hydrogen-bond acceptors (Lipinski definition) is 4. The Morgan fingerprint density at radius 3 is 2.48 bits per heavy atom. The van der Waals surface area contributed by atoms with E-state index in [1.165, 1.54) is 41.3 Å². The predicted molar refractivity (Wildman–Crippen MR) is 92.3 cm³/mol. The van der Waals surface area contributed by atoms with Crippen molar-refractivity contribution in [3.8, 4) is 0 Å². The van der Waals surface area contributed by atoms with Crippen LogP contribution in [0.15, 0.2) is 53.4 Å². The number of aliphatic hydroxyl groups excluding tert-OH is 1. The number of carbonyl (C=O) groups is 1. The van der Waals surface area contributed by atoms with Gasteiger partial charge in [-0.05, 0) is 49.4 Å². The summed E-state index contributed by atoms with van der Waals surface area (Å²) >= 11 is 0. The predicted octanol–water partition coefficient (Wildman–Crippen LogP) is 2.08. The number of carbonyl (C=O) groups excluding carboxylic acids is 1. The lowest BCUT2D eigenvalue weighted by Crippen LogP contribution is -2.33. The Hall–Kier alpha value is -2.45. The zero-order valence-corrected chi connectivity index (χ0v) is 14.5. The van der Waals surface area contributed by atoms with Gasteiger partial charge in [-0.3, -0.25) is 9.52 Å². The summed E-state index contributed by atoms with van der Waals surface area (Å²) in [6, 6.07) is 10.5. The summed E-state index contributed by atoms with van der Waals surface area (Å²) in [5.74, 6) is -0.838. The van der Waals surface area contributed by atoms with Gasteiger partial charge in [0.1, 0.15) is 5.82 Å². The number of halogens is 1. The Morgan fingerprint density at radius 2 is 1.88 bits per heavy atom. The van der Waals surface area contributed by atoms with Crippen molar-refractivity contribution in [1.29, 1.82) is 0 Å². The van der Waals surface area contributed by atoms with Gasteiger partial charge < -0.3 is 10.0 Å². The minimum atomic E-state index is -3.92. The molecule has 0 aromatic heterocycles. The van der Waals surface area contributed by atoms with Crippen LogP contribution >= 0.6 is 0 Å². The van der Waals surface area contributed by atoms with E-state index in [0.29, 0.717) is 6.54 Å². The molecule has 6 nitrogen and oxygen atoms in total. The van der Waals surface area contributed by atoms with Gasteiger partial charge in [0.05, 0.1) is 11.5 Å². The average Bonchev–Trinajstić information content (AvgIpc) is 2.61. The number of nitrogens with one attached hydrogen (secondary N) is 1. The fraction of sp³-hybridized carbons (Fsp3) is 0.235. The molecule has 0 atom stereocenters. The molecule has 25 heavy (non-hydrogen) atoms. The maximum absolute atomic E-state index is 12.9. The number of sulfonamides is 1. The summed E-state index contributed by atoms with van der Waals surface area (Å²) in [5.41, 5.74) is 0.422. The van der Waals surface area contributed by atoms with E-state index in [1.807, 2.05) is 0 Å². The fourth-order valence-electron chi connectivity index (χ4n) is 2.23. The summed E-state index contributed by atoms with van der Waals surface area (Å²) in [6.45, 7) is 2.15. The van der Waals surface area contributed by atoms with E-state index in [2.05, 4.69) is 4.72 Å². The topological polar surface area (TPSA) is 86.7 Å². The zero-order chi connectivity index (χ0) is 18.4. The monoisotopic (exact) mass is 366 g/mol. The van der Waals surface area contributed by atoms with E-state index in [1.54, 1.807) is 6.92 Å². The Morgan fingerprint density at radius 1 is 1.20 bits per heavy atom. The summed E-state index contributed by atoms with van der Waals surface area (Å²) in [7, 11) is -3.92. The lowest BCUT2D eigenvalue weighted by atomic mass is 10.2. The van der Waals surface area contributed by atoms with Crippen molar-refractivity contribution in [2.24, 2.45) is 0 Å². The van der Waals surface area contributed by atoms with Gasteiger partial charge in [-0.15, -0.1) is 0 Å². The quantitative estimate of drug-likeness (QED) is 0.785. The average molecular weight is 366 g/mol. The van der Waals surface area contributed by atoms with Crippen molar-refractivity contribution in [3.63, 3.8) is 0 Å². The number of nitrogens with zero attached hydrogens (tertiary/aromatic N) is 1. The fourth-order valence-corrected chi connectivity index (χ4v) is 3.34. The Labute approximate surface area is 146 Å². The Balaban J connectivity index is 2.27. The number of amides is 1. The van der Waals surface area contributed by atoms with Gasteiger partial charge >= 0.3 is 0 Å². The van der Waals surface area contributed by atoms with Crippen molar-refractivity contribution in [2.45, 2.75) is 11.8 Å². The highest BCUT2D eigenvalue weighted by molar-refractivity contribution is 7.92. The van der Waals surface area contributed by atoms with Gasteiger partial charge in [0.25, 0.3) is 15.9 Å². The first-order chi connectivity index (χ1) is 11.9. The van der Waals surface area contributed by atoms with E-state index in [9.17, 15) is 17.6 Å². The number of likely N-dealkylation sites (N-methyl/N-ethyl adjacent to an activating group) is 1. The molecule has 1 amide bonds. The molecular formula is C17H19FN2O4S. The summed E-state index contributed by atoms with van der Waals surface area (Å²) in [6.07, 6.45) is 0. The van der Waals surface area contributed by atoms with Crippen molar-refractivity contribution in [1.82, 2.24) is 4.90 Å². The van der Waals surface area contributed by atoms with Crippen LogP contribution in [0.5, 0.6) is 0 Å². The SMILES string of the molecule is CCN(CCO)C(=O)c1cccc(S(=O)(=O)Nc2ccc(F)cc2)c1. The first kappa shape index (κ1) is 18.9. The number of anilines is 1. The number of rotatable bonds is 7. The second-order valence-corrected chi connectivity index (χ2v) is 6.93. The molecule has 0 bridgehead atoms. The van der Waals surface area contributed by atoms with E-state index >= 15 is 0 Å². The van der Waals surface area contributed by atoms with Crippen LogP contribution in [-0.4, -0.2) is 44.0 Å². The number of hydrogen-bond donors (Lipinski definition) is 2. The summed E-state index contributed by atoms with van der Waals surface area (Å²) in [5, 5.41) is 9.00. The first-order valence-corrected chi connectivity index (χ1v) is 9.14. The normalized spacial score (nSPS) is 11.2. The third-order valence-electron chi connectivity index (χ3n) is 3.53. The van der Waals surface area contributed by atoms with Gasteiger partial charge in [-0.1, -0.05) is 6.07 Å². The van der Waals surface area contributed by atoms with Gasteiger partial charge in [-0.25, -0.2) is 12.8 Å². The van der Waals surface area contributed by atoms with Crippen LogP contribution in [-0.2, 0) is 10.0 Å². The van der Waals surface area contributed by atoms with Crippen LogP contribution in [0.2, 0.25) is 0 Å². The van der Waals surface area contributed by atoms with Crippen LogP contribution < -0.4 is 4.72 Å². The molecule has 0 saturated carbocycles. The van der Waals surface area contributed by atoms with Gasteiger partial charge in [0.15, 0.2) is 0 Å². The highest BCUT2D eigenvalue weighted by atomic mass is 32.2. The standard InChI is InChI=1S/C17H19FN2O4S/c1-2-20(10-11-21)17(22)13-4-3-5-16(12-13)25(23,24)19-15-8-6-14(18)7-9-15/h3-9,12,19,21H,2,10-11H2,1H3. The van der Waals surface area contributed by atoms with Crippen LogP contribution in [0.4, 0.5) is 10.1 Å².